The van der Waals surface area contributed by atoms with Gasteiger partial charge in [0.05, 0.1) is 6.10 Å². The van der Waals surface area contributed by atoms with Crippen LogP contribution in [0.3, 0.4) is 0 Å². The number of aliphatic hydroxyl groups is 1. The van der Waals surface area contributed by atoms with Crippen LogP contribution in [-0.2, 0) is 0 Å². The number of para-hydroxylation sites is 1. The zero-order chi connectivity index (χ0) is 10.6. The van der Waals surface area contributed by atoms with Crippen LogP contribution in [0.25, 0.3) is 0 Å². The normalized spacial score (nSPS) is 14.5. The van der Waals surface area contributed by atoms with Gasteiger partial charge in [0.25, 0.3) is 0 Å². The summed E-state index contributed by atoms with van der Waals surface area (Å²) in [4.78, 5) is 0. The predicted octanol–water partition coefficient (Wildman–Crippen LogP) is 2.69. The van der Waals surface area contributed by atoms with E-state index in [-0.39, 0.29) is 6.10 Å². The fraction of sp³-hybridized carbons (Fsp3) is 0.333. The van der Waals surface area contributed by atoms with E-state index in [0.29, 0.717) is 0 Å². The van der Waals surface area contributed by atoms with E-state index in [2.05, 4.69) is 6.58 Å². The topological polar surface area (TPSA) is 29.5 Å². The van der Waals surface area contributed by atoms with E-state index >= 15 is 0 Å². The van der Waals surface area contributed by atoms with Gasteiger partial charge in [-0.3, -0.25) is 0 Å². The van der Waals surface area contributed by atoms with E-state index in [1.165, 1.54) is 0 Å². The maximum Gasteiger partial charge on any atom is 0.125 e. The van der Waals surface area contributed by atoms with Gasteiger partial charge >= 0.3 is 0 Å². The minimum absolute atomic E-state index is 0.0464. The highest BCUT2D eigenvalue weighted by atomic mass is 16.5. The van der Waals surface area contributed by atoms with Crippen molar-refractivity contribution in [3.63, 3.8) is 0 Å². The van der Waals surface area contributed by atoms with E-state index in [0.717, 1.165) is 11.3 Å². The molecule has 14 heavy (non-hydrogen) atoms. The van der Waals surface area contributed by atoms with Gasteiger partial charge in [-0.25, -0.2) is 0 Å². The molecule has 2 nitrogen and oxygen atoms in total. The van der Waals surface area contributed by atoms with Crippen LogP contribution in [0.2, 0.25) is 0 Å². The third-order valence-corrected chi connectivity index (χ3v) is 2.01. The lowest BCUT2D eigenvalue weighted by Gasteiger charge is -2.15. The molecule has 0 saturated heterocycles. The summed E-state index contributed by atoms with van der Waals surface area (Å²) in [5.41, 5.74) is 0.807. The van der Waals surface area contributed by atoms with Crippen molar-refractivity contribution >= 4 is 0 Å². The van der Waals surface area contributed by atoms with Crippen LogP contribution in [0, 0.1) is 0 Å². The summed E-state index contributed by atoms with van der Waals surface area (Å²) in [5, 5.41) is 9.48. The molecule has 0 aromatic heterocycles. The number of ether oxygens (including phenoxy) is 1. The molecule has 0 fully saturated rings. The molecule has 2 atom stereocenters. The van der Waals surface area contributed by atoms with Crippen molar-refractivity contribution in [2.75, 3.05) is 0 Å². The first-order valence-electron chi connectivity index (χ1n) is 4.71. The Morgan fingerprint density at radius 3 is 2.57 bits per heavy atom. The van der Waals surface area contributed by atoms with Gasteiger partial charge in [-0.1, -0.05) is 30.9 Å². The van der Waals surface area contributed by atoms with Crippen molar-refractivity contribution < 1.29 is 9.84 Å². The minimum Gasteiger partial charge on any atom is -0.486 e. The third-order valence-electron chi connectivity index (χ3n) is 2.01. The molecule has 0 aliphatic rings. The Morgan fingerprint density at radius 1 is 1.36 bits per heavy atom. The average molecular weight is 192 g/mol. The molecule has 1 rings (SSSR count). The van der Waals surface area contributed by atoms with Crippen LogP contribution in [0.15, 0.2) is 36.9 Å². The van der Waals surface area contributed by atoms with Gasteiger partial charge in [0.15, 0.2) is 0 Å². The lowest BCUT2D eigenvalue weighted by Crippen LogP contribution is -2.09. The fourth-order valence-electron chi connectivity index (χ4n) is 1.18. The number of benzene rings is 1. The molecule has 1 aromatic rings. The first kappa shape index (κ1) is 10.8. The van der Waals surface area contributed by atoms with Gasteiger partial charge < -0.3 is 9.84 Å². The van der Waals surface area contributed by atoms with Crippen molar-refractivity contribution in [2.24, 2.45) is 0 Å². The van der Waals surface area contributed by atoms with Gasteiger partial charge in [-0.05, 0) is 19.9 Å². The SMILES string of the molecule is C=CC(C)Oc1ccccc1[C@@H](C)O. The van der Waals surface area contributed by atoms with Gasteiger partial charge in [0.1, 0.15) is 11.9 Å². The molecule has 0 bridgehead atoms. The molecule has 0 aliphatic heterocycles. The second kappa shape index (κ2) is 4.82. The lowest BCUT2D eigenvalue weighted by atomic mass is 10.1. The van der Waals surface area contributed by atoms with Crippen molar-refractivity contribution in [1.29, 1.82) is 0 Å². The monoisotopic (exact) mass is 192 g/mol. The molecule has 0 amide bonds. The standard InChI is InChI=1S/C12H16O2/c1-4-9(2)14-12-8-6-5-7-11(12)10(3)13/h4-10,13H,1H2,2-3H3/t9?,10-/m1/s1. The van der Waals surface area contributed by atoms with Crippen molar-refractivity contribution in [1.82, 2.24) is 0 Å². The number of hydrogen-bond donors (Lipinski definition) is 1. The molecule has 2 heteroatoms. The summed E-state index contributed by atoms with van der Waals surface area (Å²) >= 11 is 0. The Kier molecular flexibility index (Phi) is 3.72. The first-order chi connectivity index (χ1) is 6.65. The molecule has 76 valence electrons. The van der Waals surface area contributed by atoms with Crippen LogP contribution in [0.1, 0.15) is 25.5 Å². The molecule has 0 spiro atoms. The lowest BCUT2D eigenvalue weighted by molar-refractivity contribution is 0.187. The summed E-state index contributed by atoms with van der Waals surface area (Å²) in [6.45, 7) is 7.28. The summed E-state index contributed by atoms with van der Waals surface area (Å²) in [6.07, 6.45) is 1.16. The maximum atomic E-state index is 9.48. The highest BCUT2D eigenvalue weighted by Gasteiger charge is 2.09. The molecule has 1 unspecified atom stereocenters. The van der Waals surface area contributed by atoms with Gasteiger partial charge in [0.2, 0.25) is 0 Å². The average Bonchev–Trinajstić information content (AvgIpc) is 2.18. The Morgan fingerprint density at radius 2 is 2.00 bits per heavy atom. The first-order valence-corrected chi connectivity index (χ1v) is 4.71. The number of aliphatic hydroxyl groups excluding tert-OH is 1. The smallest absolute Gasteiger partial charge is 0.125 e. The molecular formula is C12H16O2. The number of hydrogen-bond acceptors (Lipinski definition) is 2. The van der Waals surface area contributed by atoms with Crippen molar-refractivity contribution in [3.8, 4) is 5.75 Å². The van der Waals surface area contributed by atoms with Crippen LogP contribution in [-0.4, -0.2) is 11.2 Å². The van der Waals surface area contributed by atoms with E-state index in [4.69, 9.17) is 4.74 Å². The second-order valence-corrected chi connectivity index (χ2v) is 3.27. The number of rotatable bonds is 4. The summed E-state index contributed by atoms with van der Waals surface area (Å²) in [5.74, 6) is 0.718. The van der Waals surface area contributed by atoms with Gasteiger partial charge in [-0.2, -0.15) is 0 Å². The third kappa shape index (κ3) is 2.60. The Balaban J connectivity index is 2.89. The van der Waals surface area contributed by atoms with Crippen LogP contribution in [0.4, 0.5) is 0 Å². The Bertz CT molecular complexity index is 305. The predicted molar refractivity (Wildman–Crippen MR) is 57.4 cm³/mol. The molecule has 1 aromatic carbocycles. The summed E-state index contributed by atoms with van der Waals surface area (Å²) in [7, 11) is 0. The molecule has 0 heterocycles. The summed E-state index contributed by atoms with van der Waals surface area (Å²) < 4.78 is 5.58. The van der Waals surface area contributed by atoms with Crippen molar-refractivity contribution in [3.05, 3.63) is 42.5 Å². The zero-order valence-electron chi connectivity index (χ0n) is 8.60. The van der Waals surface area contributed by atoms with E-state index in [9.17, 15) is 5.11 Å². The minimum atomic E-state index is -0.511. The molecule has 0 saturated carbocycles. The van der Waals surface area contributed by atoms with E-state index in [1.807, 2.05) is 31.2 Å². The quantitative estimate of drug-likeness (QED) is 0.743. The molecule has 0 radical (unpaired) electrons. The molecule has 0 aliphatic carbocycles. The van der Waals surface area contributed by atoms with Crippen LogP contribution < -0.4 is 4.74 Å². The largest absolute Gasteiger partial charge is 0.486 e. The zero-order valence-corrected chi connectivity index (χ0v) is 8.60. The van der Waals surface area contributed by atoms with Gasteiger partial charge in [0, 0.05) is 5.56 Å². The highest BCUT2D eigenvalue weighted by Crippen LogP contribution is 2.25. The van der Waals surface area contributed by atoms with Crippen LogP contribution >= 0.6 is 0 Å². The Labute approximate surface area is 84.8 Å². The van der Waals surface area contributed by atoms with Crippen LogP contribution in [0.5, 0.6) is 5.75 Å². The Hall–Kier alpha value is -1.28. The van der Waals surface area contributed by atoms with E-state index in [1.54, 1.807) is 13.0 Å². The maximum absolute atomic E-state index is 9.48. The van der Waals surface area contributed by atoms with Gasteiger partial charge in [-0.15, -0.1) is 0 Å². The second-order valence-electron chi connectivity index (χ2n) is 3.27. The highest BCUT2D eigenvalue weighted by molar-refractivity contribution is 5.35. The molecular weight excluding hydrogens is 176 g/mol. The van der Waals surface area contributed by atoms with E-state index < -0.39 is 6.10 Å². The fourth-order valence-corrected chi connectivity index (χ4v) is 1.18. The van der Waals surface area contributed by atoms with Crippen molar-refractivity contribution in [2.45, 2.75) is 26.1 Å². The molecule has 1 N–H and O–H groups in total. The summed E-state index contributed by atoms with van der Waals surface area (Å²) in [6, 6.07) is 7.47.